The minimum absolute atomic E-state index is 0.0360. The summed E-state index contributed by atoms with van der Waals surface area (Å²) in [5, 5.41) is 9.66. The second kappa shape index (κ2) is 8.08. The number of carbonyl (C=O) groups excluding carboxylic acids is 1. The van der Waals surface area contributed by atoms with E-state index < -0.39 is 17.6 Å². The normalized spacial score (nSPS) is 11.7. The van der Waals surface area contributed by atoms with Crippen molar-refractivity contribution in [3.8, 4) is 11.4 Å². The van der Waals surface area contributed by atoms with Crippen molar-refractivity contribution in [3.05, 3.63) is 75.8 Å². The average Bonchev–Trinajstić information content (AvgIpc) is 3.29. The number of amides is 1. The maximum absolute atomic E-state index is 12.8. The van der Waals surface area contributed by atoms with Gasteiger partial charge in [-0.3, -0.25) is 4.79 Å². The van der Waals surface area contributed by atoms with Crippen LogP contribution < -0.4 is 5.32 Å². The van der Waals surface area contributed by atoms with Crippen molar-refractivity contribution < 1.29 is 18.0 Å². The van der Waals surface area contributed by atoms with Gasteiger partial charge >= 0.3 is 6.18 Å². The van der Waals surface area contributed by atoms with Crippen molar-refractivity contribution in [1.29, 1.82) is 0 Å². The Balaban J connectivity index is 1.43. The number of aromatic nitrogens is 3. The largest absolute Gasteiger partial charge is 0.416 e. The quantitative estimate of drug-likeness (QED) is 0.460. The summed E-state index contributed by atoms with van der Waals surface area (Å²) in [6.07, 6.45) is -4.04. The number of benzene rings is 2. The first-order valence-electron chi connectivity index (χ1n) is 8.86. The summed E-state index contributed by atoms with van der Waals surface area (Å²) in [7, 11) is 0. The molecule has 0 aliphatic rings. The van der Waals surface area contributed by atoms with E-state index in [2.05, 4.69) is 15.4 Å². The number of halogens is 4. The molecule has 30 heavy (non-hydrogen) atoms. The van der Waals surface area contributed by atoms with Crippen LogP contribution in [0, 0.1) is 0 Å². The minimum atomic E-state index is -4.49. The van der Waals surface area contributed by atoms with Crippen LogP contribution in [0.5, 0.6) is 0 Å². The van der Waals surface area contributed by atoms with Crippen molar-refractivity contribution in [3.63, 3.8) is 0 Å². The summed E-state index contributed by atoms with van der Waals surface area (Å²) in [5.41, 5.74) is 0.782. The van der Waals surface area contributed by atoms with Crippen LogP contribution in [-0.2, 0) is 12.6 Å². The van der Waals surface area contributed by atoms with Crippen LogP contribution in [0.25, 0.3) is 16.3 Å². The predicted octanol–water partition coefficient (Wildman–Crippen LogP) is 5.10. The van der Waals surface area contributed by atoms with Gasteiger partial charge in [0.15, 0.2) is 5.82 Å². The van der Waals surface area contributed by atoms with Crippen LogP contribution in [0.3, 0.4) is 0 Å². The molecule has 154 valence electrons. The van der Waals surface area contributed by atoms with Gasteiger partial charge in [-0.25, -0.2) is 4.52 Å². The van der Waals surface area contributed by atoms with Crippen molar-refractivity contribution in [2.75, 3.05) is 6.54 Å². The number of alkyl halides is 3. The SMILES string of the molecule is O=C(NCCc1csc2nc(-c3ccc(Cl)cc3)nn12)c1cccc(C(F)(F)F)c1. The van der Waals surface area contributed by atoms with Gasteiger partial charge in [-0.1, -0.05) is 17.7 Å². The lowest BCUT2D eigenvalue weighted by Crippen LogP contribution is -2.26. The molecule has 0 spiro atoms. The van der Waals surface area contributed by atoms with Crippen molar-refractivity contribution >= 4 is 33.8 Å². The zero-order chi connectivity index (χ0) is 21.3. The number of carbonyl (C=O) groups is 1. The molecule has 0 saturated heterocycles. The lowest BCUT2D eigenvalue weighted by atomic mass is 10.1. The molecule has 0 aliphatic carbocycles. The molecule has 2 heterocycles. The maximum Gasteiger partial charge on any atom is 0.416 e. The zero-order valence-electron chi connectivity index (χ0n) is 15.3. The molecule has 0 aliphatic heterocycles. The van der Waals surface area contributed by atoms with Gasteiger partial charge in [0.2, 0.25) is 4.96 Å². The second-order valence-corrected chi connectivity index (χ2v) is 7.72. The number of hydrogen-bond donors (Lipinski definition) is 1. The van der Waals surface area contributed by atoms with Gasteiger partial charge in [0.05, 0.1) is 11.3 Å². The Morgan fingerprint density at radius 1 is 1.17 bits per heavy atom. The summed E-state index contributed by atoms with van der Waals surface area (Å²) < 4.78 is 40.1. The third-order valence-corrected chi connectivity index (χ3v) is 5.49. The Morgan fingerprint density at radius 2 is 1.93 bits per heavy atom. The fourth-order valence-corrected chi connectivity index (χ4v) is 3.84. The van der Waals surface area contributed by atoms with Crippen LogP contribution >= 0.6 is 22.9 Å². The lowest BCUT2D eigenvalue weighted by Gasteiger charge is -2.09. The maximum atomic E-state index is 12.8. The first-order chi connectivity index (χ1) is 14.3. The highest BCUT2D eigenvalue weighted by Crippen LogP contribution is 2.29. The van der Waals surface area contributed by atoms with E-state index in [0.29, 0.717) is 22.2 Å². The standard InChI is InChI=1S/C20H14ClF3N4OS/c21-15-6-4-12(5-7-15)17-26-19-28(27-17)16(11-30-19)8-9-25-18(29)13-2-1-3-14(10-13)20(22,23)24/h1-7,10-11H,8-9H2,(H,25,29). The summed E-state index contributed by atoms with van der Waals surface area (Å²) in [4.78, 5) is 17.4. The number of rotatable bonds is 5. The summed E-state index contributed by atoms with van der Waals surface area (Å²) in [6, 6.07) is 11.5. The highest BCUT2D eigenvalue weighted by molar-refractivity contribution is 7.15. The van der Waals surface area contributed by atoms with Gasteiger partial charge in [0.1, 0.15) is 0 Å². The van der Waals surface area contributed by atoms with Gasteiger partial charge in [-0.05, 0) is 42.5 Å². The van der Waals surface area contributed by atoms with Gasteiger partial charge in [0, 0.05) is 34.5 Å². The average molecular weight is 451 g/mol. The summed E-state index contributed by atoms with van der Waals surface area (Å²) >= 11 is 7.32. The molecule has 1 amide bonds. The number of thiazole rings is 1. The van der Waals surface area contributed by atoms with E-state index in [1.165, 1.54) is 23.5 Å². The molecule has 5 nitrogen and oxygen atoms in total. The number of hydrogen-bond acceptors (Lipinski definition) is 4. The highest BCUT2D eigenvalue weighted by atomic mass is 35.5. The van der Waals surface area contributed by atoms with Crippen LogP contribution in [-0.4, -0.2) is 27.0 Å². The molecule has 10 heteroatoms. The zero-order valence-corrected chi connectivity index (χ0v) is 16.9. The van der Waals surface area contributed by atoms with Crippen molar-refractivity contribution in [1.82, 2.24) is 19.9 Å². The third-order valence-electron chi connectivity index (χ3n) is 4.37. The highest BCUT2D eigenvalue weighted by Gasteiger charge is 2.30. The first-order valence-corrected chi connectivity index (χ1v) is 10.1. The molecule has 0 fully saturated rings. The number of fused-ring (bicyclic) bond motifs is 1. The molecular weight excluding hydrogens is 437 g/mol. The van der Waals surface area contributed by atoms with E-state index in [1.807, 2.05) is 17.5 Å². The summed E-state index contributed by atoms with van der Waals surface area (Å²) in [5.74, 6) is 0.000727. The lowest BCUT2D eigenvalue weighted by molar-refractivity contribution is -0.137. The Hall–Kier alpha value is -2.91. The smallest absolute Gasteiger partial charge is 0.352 e. The Kier molecular flexibility index (Phi) is 5.48. The van der Waals surface area contributed by atoms with E-state index in [-0.39, 0.29) is 12.1 Å². The van der Waals surface area contributed by atoms with Gasteiger partial charge in [0.25, 0.3) is 5.91 Å². The molecule has 1 N–H and O–H groups in total. The van der Waals surface area contributed by atoms with Crippen LogP contribution in [0.4, 0.5) is 13.2 Å². The van der Waals surface area contributed by atoms with Gasteiger partial charge < -0.3 is 5.32 Å². The van der Waals surface area contributed by atoms with Crippen LogP contribution in [0.1, 0.15) is 21.6 Å². The number of nitrogens with zero attached hydrogens (tertiary/aromatic N) is 3. The first kappa shape index (κ1) is 20.4. The van der Waals surface area contributed by atoms with E-state index in [4.69, 9.17) is 11.6 Å². The van der Waals surface area contributed by atoms with Crippen molar-refractivity contribution in [2.45, 2.75) is 12.6 Å². The molecule has 0 radical (unpaired) electrons. The fourth-order valence-electron chi connectivity index (χ4n) is 2.86. The predicted molar refractivity (Wildman–Crippen MR) is 109 cm³/mol. The molecule has 4 aromatic rings. The molecule has 0 unspecified atom stereocenters. The molecular formula is C20H14ClF3N4OS. The monoisotopic (exact) mass is 450 g/mol. The molecule has 2 aromatic carbocycles. The van der Waals surface area contributed by atoms with Gasteiger partial charge in [-0.15, -0.1) is 16.4 Å². The molecule has 0 bridgehead atoms. The van der Waals surface area contributed by atoms with E-state index in [0.717, 1.165) is 23.4 Å². The van der Waals surface area contributed by atoms with E-state index in [1.54, 1.807) is 16.6 Å². The number of nitrogens with one attached hydrogen (secondary N) is 1. The molecule has 0 saturated carbocycles. The topological polar surface area (TPSA) is 59.3 Å². The van der Waals surface area contributed by atoms with Gasteiger partial charge in [-0.2, -0.15) is 18.2 Å². The fraction of sp³-hybridized carbons (Fsp3) is 0.150. The Morgan fingerprint density at radius 3 is 2.67 bits per heavy atom. The second-order valence-electron chi connectivity index (χ2n) is 6.45. The molecule has 0 atom stereocenters. The van der Waals surface area contributed by atoms with Crippen molar-refractivity contribution in [2.24, 2.45) is 0 Å². The Labute approximate surface area is 178 Å². The van der Waals surface area contributed by atoms with E-state index >= 15 is 0 Å². The summed E-state index contributed by atoms with van der Waals surface area (Å²) in [6.45, 7) is 0.247. The van der Waals surface area contributed by atoms with Crippen LogP contribution in [0.15, 0.2) is 53.9 Å². The molecule has 4 rings (SSSR count). The minimum Gasteiger partial charge on any atom is -0.352 e. The third kappa shape index (κ3) is 4.31. The van der Waals surface area contributed by atoms with E-state index in [9.17, 15) is 18.0 Å². The van der Waals surface area contributed by atoms with Crippen LogP contribution in [0.2, 0.25) is 5.02 Å². The Bertz CT molecular complexity index is 1200. The molecule has 2 aromatic heterocycles.